The van der Waals surface area contributed by atoms with E-state index in [2.05, 4.69) is 24.1 Å². The monoisotopic (exact) mass is 338 g/mol. The van der Waals surface area contributed by atoms with E-state index in [1.54, 1.807) is 0 Å². The van der Waals surface area contributed by atoms with E-state index in [-0.39, 0.29) is 24.4 Å². The molecule has 0 spiro atoms. The maximum Gasteiger partial charge on any atom is 0.254 e. The number of fused-ring (bicyclic) bond motifs is 2. The molecule has 2 bridgehead atoms. The summed E-state index contributed by atoms with van der Waals surface area (Å²) in [6, 6.07) is 8.39. The van der Waals surface area contributed by atoms with E-state index in [0.717, 1.165) is 50.1 Å². The predicted molar refractivity (Wildman–Crippen MR) is 94.5 cm³/mol. The van der Waals surface area contributed by atoms with Crippen LogP contribution < -0.4 is 10.1 Å². The number of halogens is 1. The lowest BCUT2D eigenvalue weighted by atomic mass is 10.1. The van der Waals surface area contributed by atoms with Gasteiger partial charge in [-0.2, -0.15) is 0 Å². The number of carbonyl (C=O) groups is 1. The van der Waals surface area contributed by atoms with Crippen LogP contribution in [0.2, 0.25) is 0 Å². The average molecular weight is 339 g/mol. The standard InChI is InChI=1S/C18H26N2O2.ClH/c1-3-13(2)22-17-8-4-14(5-9-17)18(21)20-15-6-7-16(20)12-19-11-10-15;/h4-5,8-9,13,15-16,19H,3,6-7,10-12H2,1-2H3;1H. The second-order valence-corrected chi connectivity index (χ2v) is 6.45. The quantitative estimate of drug-likeness (QED) is 0.916. The van der Waals surface area contributed by atoms with Gasteiger partial charge >= 0.3 is 0 Å². The van der Waals surface area contributed by atoms with Gasteiger partial charge in [-0.3, -0.25) is 4.79 Å². The molecule has 0 radical (unpaired) electrons. The largest absolute Gasteiger partial charge is 0.491 e. The number of rotatable bonds is 4. The number of benzene rings is 1. The molecule has 2 saturated heterocycles. The number of carbonyl (C=O) groups excluding carboxylic acids is 1. The van der Waals surface area contributed by atoms with Crippen molar-refractivity contribution in [2.24, 2.45) is 0 Å². The van der Waals surface area contributed by atoms with Crippen LogP contribution in [0.25, 0.3) is 0 Å². The number of hydrogen-bond acceptors (Lipinski definition) is 3. The third-order valence-corrected chi connectivity index (χ3v) is 4.90. The van der Waals surface area contributed by atoms with Crippen LogP contribution in [-0.4, -0.2) is 42.1 Å². The smallest absolute Gasteiger partial charge is 0.254 e. The maximum atomic E-state index is 12.9. The summed E-state index contributed by atoms with van der Waals surface area (Å²) in [6.07, 6.45) is 4.52. The Balaban J connectivity index is 0.00000192. The molecular weight excluding hydrogens is 312 g/mol. The van der Waals surface area contributed by atoms with Gasteiger partial charge < -0.3 is 15.0 Å². The van der Waals surface area contributed by atoms with Crippen molar-refractivity contribution < 1.29 is 9.53 Å². The van der Waals surface area contributed by atoms with E-state index in [9.17, 15) is 4.79 Å². The van der Waals surface area contributed by atoms with Gasteiger partial charge in [0, 0.05) is 24.2 Å². The molecule has 128 valence electrons. The Morgan fingerprint density at radius 1 is 1.26 bits per heavy atom. The van der Waals surface area contributed by atoms with Crippen LogP contribution in [-0.2, 0) is 0 Å². The maximum absolute atomic E-state index is 12.9. The third kappa shape index (κ3) is 3.99. The van der Waals surface area contributed by atoms with Gasteiger partial charge in [0.15, 0.2) is 0 Å². The summed E-state index contributed by atoms with van der Waals surface area (Å²) >= 11 is 0. The normalized spacial score (nSPS) is 24.5. The molecule has 2 aliphatic heterocycles. The summed E-state index contributed by atoms with van der Waals surface area (Å²) in [5.41, 5.74) is 0.773. The van der Waals surface area contributed by atoms with E-state index in [4.69, 9.17) is 4.74 Å². The van der Waals surface area contributed by atoms with Crippen molar-refractivity contribution in [3.8, 4) is 5.75 Å². The van der Waals surface area contributed by atoms with E-state index in [1.807, 2.05) is 24.3 Å². The van der Waals surface area contributed by atoms with Crippen molar-refractivity contribution >= 4 is 18.3 Å². The van der Waals surface area contributed by atoms with E-state index < -0.39 is 0 Å². The fourth-order valence-corrected chi connectivity index (χ4v) is 3.45. The Morgan fingerprint density at radius 2 is 1.96 bits per heavy atom. The highest BCUT2D eigenvalue weighted by Gasteiger charge is 2.38. The molecule has 23 heavy (non-hydrogen) atoms. The Kier molecular flexibility index (Phi) is 6.31. The van der Waals surface area contributed by atoms with Crippen LogP contribution in [0.3, 0.4) is 0 Å². The first-order valence-corrected chi connectivity index (χ1v) is 8.49. The molecule has 1 amide bonds. The van der Waals surface area contributed by atoms with Gasteiger partial charge in [-0.1, -0.05) is 6.92 Å². The van der Waals surface area contributed by atoms with Crippen molar-refractivity contribution in [3.63, 3.8) is 0 Å². The molecule has 1 N–H and O–H groups in total. The zero-order valence-electron chi connectivity index (χ0n) is 14.0. The minimum Gasteiger partial charge on any atom is -0.491 e. The van der Waals surface area contributed by atoms with Crippen molar-refractivity contribution in [1.29, 1.82) is 0 Å². The second-order valence-electron chi connectivity index (χ2n) is 6.45. The van der Waals surface area contributed by atoms with Crippen molar-refractivity contribution in [1.82, 2.24) is 10.2 Å². The first kappa shape index (κ1) is 18.1. The van der Waals surface area contributed by atoms with Gasteiger partial charge in [0.1, 0.15) is 5.75 Å². The Hall–Kier alpha value is -1.26. The molecule has 1 aromatic carbocycles. The summed E-state index contributed by atoms with van der Waals surface area (Å²) in [4.78, 5) is 15.0. The first-order chi connectivity index (χ1) is 10.7. The number of ether oxygens (including phenoxy) is 1. The summed E-state index contributed by atoms with van der Waals surface area (Å²) in [5.74, 6) is 1.01. The Bertz CT molecular complexity index is 506. The first-order valence-electron chi connectivity index (χ1n) is 8.49. The fourth-order valence-electron chi connectivity index (χ4n) is 3.45. The van der Waals surface area contributed by atoms with Crippen LogP contribution in [0.4, 0.5) is 0 Å². The lowest BCUT2D eigenvalue weighted by Crippen LogP contribution is -2.42. The molecule has 3 atom stereocenters. The molecule has 1 aromatic rings. The van der Waals surface area contributed by atoms with Crippen LogP contribution in [0.1, 0.15) is 49.9 Å². The van der Waals surface area contributed by atoms with E-state index in [0.29, 0.717) is 12.1 Å². The number of nitrogens with one attached hydrogen (secondary N) is 1. The topological polar surface area (TPSA) is 41.6 Å². The number of nitrogens with zero attached hydrogens (tertiary/aromatic N) is 1. The van der Waals surface area contributed by atoms with Gasteiger partial charge in [0.25, 0.3) is 5.91 Å². The summed E-state index contributed by atoms with van der Waals surface area (Å²) in [6.45, 7) is 6.11. The van der Waals surface area contributed by atoms with Crippen LogP contribution in [0.5, 0.6) is 5.75 Å². The average Bonchev–Trinajstić information content (AvgIpc) is 2.80. The number of hydrogen-bond donors (Lipinski definition) is 1. The molecular formula is C18H27ClN2O2. The van der Waals surface area contributed by atoms with E-state index in [1.165, 1.54) is 0 Å². The molecule has 2 heterocycles. The highest BCUT2D eigenvalue weighted by molar-refractivity contribution is 5.95. The van der Waals surface area contributed by atoms with Gasteiger partial charge in [-0.25, -0.2) is 0 Å². The zero-order valence-corrected chi connectivity index (χ0v) is 14.8. The SMILES string of the molecule is CCC(C)Oc1ccc(C(=O)N2C3CCNCC2CC3)cc1.Cl. The molecule has 3 unspecified atom stereocenters. The minimum absolute atomic E-state index is 0. The highest BCUT2D eigenvalue weighted by atomic mass is 35.5. The molecule has 0 saturated carbocycles. The molecule has 0 aromatic heterocycles. The molecule has 3 rings (SSSR count). The van der Waals surface area contributed by atoms with E-state index >= 15 is 0 Å². The Morgan fingerprint density at radius 3 is 2.65 bits per heavy atom. The second kappa shape index (κ2) is 8.02. The number of amides is 1. The third-order valence-electron chi connectivity index (χ3n) is 4.90. The van der Waals surface area contributed by atoms with Gasteiger partial charge in [0.2, 0.25) is 0 Å². The lowest BCUT2D eigenvalue weighted by Gasteiger charge is -2.28. The van der Waals surface area contributed by atoms with Crippen LogP contribution >= 0.6 is 12.4 Å². The van der Waals surface area contributed by atoms with Crippen molar-refractivity contribution in [3.05, 3.63) is 29.8 Å². The summed E-state index contributed by atoms with van der Waals surface area (Å²) in [7, 11) is 0. The van der Waals surface area contributed by atoms with Gasteiger partial charge in [-0.05, 0) is 63.4 Å². The highest BCUT2D eigenvalue weighted by Crippen LogP contribution is 2.30. The predicted octanol–water partition coefficient (Wildman–Crippen LogP) is 3.25. The molecule has 2 aliphatic rings. The van der Waals surface area contributed by atoms with Gasteiger partial charge in [0.05, 0.1) is 6.10 Å². The van der Waals surface area contributed by atoms with Crippen LogP contribution in [0, 0.1) is 0 Å². The molecule has 0 aliphatic carbocycles. The zero-order chi connectivity index (χ0) is 15.5. The van der Waals surface area contributed by atoms with Crippen molar-refractivity contribution in [2.45, 2.75) is 57.7 Å². The van der Waals surface area contributed by atoms with Crippen LogP contribution in [0.15, 0.2) is 24.3 Å². The molecule has 4 nitrogen and oxygen atoms in total. The Labute approximate surface area is 145 Å². The minimum atomic E-state index is 0. The fraction of sp³-hybridized carbons (Fsp3) is 0.611. The van der Waals surface area contributed by atoms with Gasteiger partial charge in [-0.15, -0.1) is 12.4 Å². The van der Waals surface area contributed by atoms with Crippen molar-refractivity contribution in [2.75, 3.05) is 13.1 Å². The lowest BCUT2D eigenvalue weighted by molar-refractivity contribution is 0.0680. The molecule has 5 heteroatoms. The summed E-state index contributed by atoms with van der Waals surface area (Å²) in [5, 5.41) is 3.44. The summed E-state index contributed by atoms with van der Waals surface area (Å²) < 4.78 is 5.78. The molecule has 2 fully saturated rings.